The molecule has 1 aromatic carbocycles. The lowest BCUT2D eigenvalue weighted by atomic mass is 10.0. The van der Waals surface area contributed by atoms with Gasteiger partial charge in [-0.25, -0.2) is 0 Å². The van der Waals surface area contributed by atoms with Gasteiger partial charge in [0.25, 0.3) is 0 Å². The third-order valence-corrected chi connectivity index (χ3v) is 4.14. The third-order valence-electron chi connectivity index (χ3n) is 4.14. The number of rotatable bonds is 6. The van der Waals surface area contributed by atoms with E-state index in [0.29, 0.717) is 13.0 Å². The molecule has 0 aromatic heterocycles. The number of nitrogens with one attached hydrogen (secondary N) is 1. The normalized spacial score (nSPS) is 16.7. The van der Waals surface area contributed by atoms with Crippen LogP contribution in [0.15, 0.2) is 24.3 Å². The first-order valence-corrected chi connectivity index (χ1v) is 8.00. The largest absolute Gasteiger partial charge is 0.508 e. The van der Waals surface area contributed by atoms with Gasteiger partial charge in [0.15, 0.2) is 0 Å². The van der Waals surface area contributed by atoms with Crippen LogP contribution >= 0.6 is 0 Å². The molecule has 0 spiro atoms. The lowest BCUT2D eigenvalue weighted by Gasteiger charge is -2.27. The molecule has 0 aliphatic carbocycles. The van der Waals surface area contributed by atoms with Gasteiger partial charge in [-0.05, 0) is 43.4 Å². The zero-order chi connectivity index (χ0) is 15.1. The number of amides is 1. The Morgan fingerprint density at radius 3 is 2.52 bits per heavy atom. The Morgan fingerprint density at radius 1 is 1.24 bits per heavy atom. The highest BCUT2D eigenvalue weighted by atomic mass is 16.3. The Morgan fingerprint density at radius 2 is 1.90 bits per heavy atom. The average molecular weight is 290 g/mol. The van der Waals surface area contributed by atoms with Crippen LogP contribution in [0.5, 0.6) is 5.75 Å². The van der Waals surface area contributed by atoms with Crippen molar-refractivity contribution in [2.24, 2.45) is 0 Å². The summed E-state index contributed by atoms with van der Waals surface area (Å²) in [6, 6.07) is 7.52. The summed E-state index contributed by atoms with van der Waals surface area (Å²) >= 11 is 0. The second-order valence-corrected chi connectivity index (χ2v) is 5.70. The van der Waals surface area contributed by atoms with E-state index in [1.54, 1.807) is 12.1 Å². The van der Waals surface area contributed by atoms with Crippen molar-refractivity contribution in [1.82, 2.24) is 10.2 Å². The summed E-state index contributed by atoms with van der Waals surface area (Å²) in [5.74, 6) is 0.552. The SMILES string of the molecule is CCC(NCCC(=O)N1CCCCC1)c1ccc(O)cc1. The van der Waals surface area contributed by atoms with Gasteiger partial charge < -0.3 is 15.3 Å². The molecular weight excluding hydrogens is 264 g/mol. The van der Waals surface area contributed by atoms with E-state index < -0.39 is 0 Å². The number of hydrogen-bond acceptors (Lipinski definition) is 3. The van der Waals surface area contributed by atoms with Gasteiger partial charge in [-0.15, -0.1) is 0 Å². The molecule has 0 radical (unpaired) electrons. The third kappa shape index (κ3) is 4.74. The zero-order valence-electron chi connectivity index (χ0n) is 12.8. The van der Waals surface area contributed by atoms with Crippen LogP contribution in [0.4, 0.5) is 0 Å². The van der Waals surface area contributed by atoms with Crippen molar-refractivity contribution in [3.8, 4) is 5.75 Å². The highest BCUT2D eigenvalue weighted by molar-refractivity contribution is 5.76. The van der Waals surface area contributed by atoms with E-state index in [4.69, 9.17) is 0 Å². The second kappa shape index (κ2) is 8.03. The smallest absolute Gasteiger partial charge is 0.223 e. The predicted molar refractivity (Wildman–Crippen MR) is 84.2 cm³/mol. The summed E-state index contributed by atoms with van der Waals surface area (Å²) in [6.45, 7) is 4.67. The van der Waals surface area contributed by atoms with Crippen LogP contribution in [-0.4, -0.2) is 35.5 Å². The van der Waals surface area contributed by atoms with E-state index >= 15 is 0 Å². The maximum absolute atomic E-state index is 12.1. The molecule has 1 heterocycles. The first kappa shape index (κ1) is 15.8. The Balaban J connectivity index is 1.77. The van der Waals surface area contributed by atoms with Crippen LogP contribution in [-0.2, 0) is 4.79 Å². The Labute approximate surface area is 127 Å². The van der Waals surface area contributed by atoms with Gasteiger partial charge in [0, 0.05) is 32.1 Å². The van der Waals surface area contributed by atoms with Gasteiger partial charge in [-0.2, -0.15) is 0 Å². The molecule has 1 aliphatic heterocycles. The van der Waals surface area contributed by atoms with Crippen molar-refractivity contribution in [1.29, 1.82) is 0 Å². The van der Waals surface area contributed by atoms with Gasteiger partial charge in [0.1, 0.15) is 5.75 Å². The topological polar surface area (TPSA) is 52.6 Å². The summed E-state index contributed by atoms with van der Waals surface area (Å²) in [5, 5.41) is 12.8. The number of piperidine rings is 1. The Hall–Kier alpha value is -1.55. The molecule has 4 heteroatoms. The zero-order valence-corrected chi connectivity index (χ0v) is 12.8. The van der Waals surface area contributed by atoms with Crippen molar-refractivity contribution < 1.29 is 9.90 Å². The van der Waals surface area contributed by atoms with Gasteiger partial charge in [-0.1, -0.05) is 19.1 Å². The highest BCUT2D eigenvalue weighted by Gasteiger charge is 2.16. The minimum absolute atomic E-state index is 0.236. The summed E-state index contributed by atoms with van der Waals surface area (Å²) in [5.41, 5.74) is 1.15. The number of nitrogens with zero attached hydrogens (tertiary/aromatic N) is 1. The number of phenolic OH excluding ortho intramolecular Hbond substituents is 1. The minimum atomic E-state index is 0.236. The van der Waals surface area contributed by atoms with E-state index in [1.807, 2.05) is 17.0 Å². The van der Waals surface area contributed by atoms with Crippen molar-refractivity contribution in [3.05, 3.63) is 29.8 Å². The van der Waals surface area contributed by atoms with Crippen LogP contribution in [0.25, 0.3) is 0 Å². The first-order chi connectivity index (χ1) is 10.2. The molecule has 21 heavy (non-hydrogen) atoms. The molecule has 0 bridgehead atoms. The molecule has 1 atom stereocenters. The number of likely N-dealkylation sites (tertiary alicyclic amines) is 1. The second-order valence-electron chi connectivity index (χ2n) is 5.70. The average Bonchev–Trinajstić information content (AvgIpc) is 2.53. The van der Waals surface area contributed by atoms with Gasteiger partial charge in [0.2, 0.25) is 5.91 Å². The van der Waals surface area contributed by atoms with E-state index in [0.717, 1.165) is 37.9 Å². The van der Waals surface area contributed by atoms with Crippen LogP contribution < -0.4 is 5.32 Å². The summed E-state index contributed by atoms with van der Waals surface area (Å²) in [6.07, 6.45) is 5.06. The van der Waals surface area contributed by atoms with Crippen LogP contribution in [0, 0.1) is 0 Å². The number of hydrogen-bond donors (Lipinski definition) is 2. The van der Waals surface area contributed by atoms with Gasteiger partial charge in [-0.3, -0.25) is 4.79 Å². The van der Waals surface area contributed by atoms with Crippen molar-refractivity contribution in [2.75, 3.05) is 19.6 Å². The Kier molecular flexibility index (Phi) is 6.05. The Bertz CT molecular complexity index is 439. The fourth-order valence-electron chi connectivity index (χ4n) is 2.86. The maximum atomic E-state index is 12.1. The standard InChI is InChI=1S/C17H26N2O2/c1-2-16(14-6-8-15(20)9-7-14)18-11-10-17(21)19-12-4-3-5-13-19/h6-9,16,18,20H,2-5,10-13H2,1H3. The quantitative estimate of drug-likeness (QED) is 0.847. The van der Waals surface area contributed by atoms with Gasteiger partial charge >= 0.3 is 0 Å². The summed E-state index contributed by atoms with van der Waals surface area (Å²) in [4.78, 5) is 14.1. The predicted octanol–water partition coefficient (Wildman–Crippen LogP) is 2.84. The van der Waals surface area contributed by atoms with Crippen molar-refractivity contribution in [3.63, 3.8) is 0 Å². The lowest BCUT2D eigenvalue weighted by Crippen LogP contribution is -2.37. The van der Waals surface area contributed by atoms with E-state index in [1.165, 1.54) is 6.42 Å². The molecule has 4 nitrogen and oxygen atoms in total. The first-order valence-electron chi connectivity index (χ1n) is 8.00. The molecule has 2 N–H and O–H groups in total. The minimum Gasteiger partial charge on any atom is -0.508 e. The molecule has 1 aromatic rings. The molecule has 1 aliphatic rings. The molecule has 116 valence electrons. The van der Waals surface area contributed by atoms with Crippen LogP contribution in [0.1, 0.15) is 50.6 Å². The molecule has 2 rings (SSSR count). The molecule has 1 saturated heterocycles. The molecule has 1 amide bonds. The summed E-state index contributed by atoms with van der Waals surface area (Å²) < 4.78 is 0. The molecular formula is C17H26N2O2. The fraction of sp³-hybridized carbons (Fsp3) is 0.588. The molecule has 1 fully saturated rings. The van der Waals surface area contributed by atoms with E-state index in [2.05, 4.69) is 12.2 Å². The van der Waals surface area contributed by atoms with E-state index in [9.17, 15) is 9.90 Å². The number of aromatic hydroxyl groups is 1. The summed E-state index contributed by atoms with van der Waals surface area (Å²) in [7, 11) is 0. The molecule has 1 unspecified atom stereocenters. The van der Waals surface area contributed by atoms with Crippen LogP contribution in [0.2, 0.25) is 0 Å². The number of carbonyl (C=O) groups excluding carboxylic acids is 1. The number of benzene rings is 1. The number of carbonyl (C=O) groups is 1. The van der Waals surface area contributed by atoms with Crippen molar-refractivity contribution in [2.45, 2.75) is 45.1 Å². The van der Waals surface area contributed by atoms with Crippen molar-refractivity contribution >= 4 is 5.91 Å². The monoisotopic (exact) mass is 290 g/mol. The van der Waals surface area contributed by atoms with Crippen LogP contribution in [0.3, 0.4) is 0 Å². The fourth-order valence-corrected chi connectivity index (χ4v) is 2.86. The molecule has 0 saturated carbocycles. The lowest BCUT2D eigenvalue weighted by molar-refractivity contribution is -0.132. The van der Waals surface area contributed by atoms with E-state index in [-0.39, 0.29) is 17.7 Å². The van der Waals surface area contributed by atoms with Gasteiger partial charge in [0.05, 0.1) is 0 Å². The maximum Gasteiger partial charge on any atom is 0.223 e. The number of phenols is 1. The highest BCUT2D eigenvalue weighted by Crippen LogP contribution is 2.19.